The Balaban J connectivity index is 2.44. The van der Waals surface area contributed by atoms with Crippen molar-refractivity contribution in [2.45, 2.75) is 33.1 Å². The van der Waals surface area contributed by atoms with Gasteiger partial charge in [-0.15, -0.1) is 0 Å². The molecule has 0 aromatic heterocycles. The molecule has 0 radical (unpaired) electrons. The second-order valence-corrected chi connectivity index (χ2v) is 6.89. The van der Waals surface area contributed by atoms with Gasteiger partial charge in [0.2, 0.25) is 0 Å². The van der Waals surface area contributed by atoms with E-state index in [1.54, 1.807) is 6.21 Å². The molecule has 0 saturated carbocycles. The van der Waals surface area contributed by atoms with Gasteiger partial charge in [0, 0.05) is 37.8 Å². The number of hydrogen-bond donors (Lipinski definition) is 1. The fraction of sp³-hybridized carbons (Fsp3) is 0.524. The molecule has 1 fully saturated rings. The minimum atomic E-state index is -0.802. The second-order valence-electron chi connectivity index (χ2n) is 6.89. The van der Waals surface area contributed by atoms with Crippen LogP contribution in [0.5, 0.6) is 5.75 Å². The van der Waals surface area contributed by atoms with E-state index in [2.05, 4.69) is 28.4 Å². The second kappa shape index (κ2) is 10.1. The summed E-state index contributed by atoms with van der Waals surface area (Å²) in [5.41, 5.74) is 3.86. The molecular formula is C21H31N3O3. The Morgan fingerprint density at radius 1 is 1.37 bits per heavy atom. The maximum atomic E-state index is 10.8. The van der Waals surface area contributed by atoms with E-state index in [0.29, 0.717) is 13.0 Å². The van der Waals surface area contributed by atoms with Gasteiger partial charge in [-0.3, -0.25) is 9.79 Å². The van der Waals surface area contributed by atoms with Crippen LogP contribution in [0.2, 0.25) is 0 Å². The molecular weight excluding hydrogens is 342 g/mol. The number of carboxylic acids is 1. The predicted octanol–water partition coefficient (Wildman–Crippen LogP) is 3.75. The molecule has 1 aromatic rings. The normalized spacial score (nSPS) is 15.7. The smallest absolute Gasteiger partial charge is 0.303 e. The van der Waals surface area contributed by atoms with Crippen LogP contribution in [0.15, 0.2) is 17.6 Å². The van der Waals surface area contributed by atoms with Gasteiger partial charge >= 0.3 is 5.97 Å². The largest absolute Gasteiger partial charge is 0.491 e. The highest BCUT2D eigenvalue weighted by Crippen LogP contribution is 2.44. The topological polar surface area (TPSA) is 65.4 Å². The van der Waals surface area contributed by atoms with Crippen LogP contribution in [0.1, 0.15) is 37.3 Å². The van der Waals surface area contributed by atoms with Gasteiger partial charge in [0.05, 0.1) is 12.3 Å². The number of hydrogen-bond acceptors (Lipinski definition) is 5. The number of rotatable bonds is 8. The van der Waals surface area contributed by atoms with E-state index in [1.165, 1.54) is 0 Å². The lowest BCUT2D eigenvalue weighted by Gasteiger charge is -2.29. The quantitative estimate of drug-likeness (QED) is 0.555. The van der Waals surface area contributed by atoms with Crippen molar-refractivity contribution in [1.82, 2.24) is 4.90 Å². The third kappa shape index (κ3) is 5.57. The van der Waals surface area contributed by atoms with Crippen LogP contribution in [0.3, 0.4) is 0 Å². The Hall–Kier alpha value is -2.34. The van der Waals surface area contributed by atoms with Crippen molar-refractivity contribution in [3.63, 3.8) is 0 Å². The van der Waals surface area contributed by atoms with E-state index in [9.17, 15) is 4.79 Å². The summed E-state index contributed by atoms with van der Waals surface area (Å²) in [5.74, 6) is 0.000481. The maximum Gasteiger partial charge on any atom is 0.303 e. The van der Waals surface area contributed by atoms with Crippen molar-refractivity contribution in [1.29, 1.82) is 0 Å². The Kier molecular flexibility index (Phi) is 7.85. The van der Waals surface area contributed by atoms with Crippen LogP contribution < -0.4 is 9.64 Å². The predicted molar refractivity (Wildman–Crippen MR) is 112 cm³/mol. The fourth-order valence-electron chi connectivity index (χ4n) is 3.36. The molecule has 1 aliphatic heterocycles. The van der Waals surface area contributed by atoms with Crippen molar-refractivity contribution in [2.75, 3.05) is 44.7 Å². The number of benzene rings is 1. The highest BCUT2D eigenvalue weighted by Gasteiger charge is 2.23. The van der Waals surface area contributed by atoms with Crippen molar-refractivity contribution in [3.05, 3.63) is 23.8 Å². The van der Waals surface area contributed by atoms with Crippen LogP contribution in [-0.2, 0) is 4.79 Å². The number of nitrogens with zero attached hydrogens (tertiary/aromatic N) is 3. The molecule has 1 heterocycles. The van der Waals surface area contributed by atoms with E-state index >= 15 is 0 Å². The third-order valence-electron chi connectivity index (χ3n) is 4.74. The molecule has 0 spiro atoms. The van der Waals surface area contributed by atoms with Gasteiger partial charge in [0.1, 0.15) is 11.4 Å². The van der Waals surface area contributed by atoms with Gasteiger partial charge in [-0.05, 0) is 51.9 Å². The summed E-state index contributed by atoms with van der Waals surface area (Å²) in [6.07, 6.45) is 5.28. The first-order valence-electron chi connectivity index (χ1n) is 9.54. The van der Waals surface area contributed by atoms with Crippen molar-refractivity contribution in [3.8, 4) is 5.75 Å². The standard InChI is InChI=1S/C21H31N3O3/c1-5-17-15-16(3)21(27-14-7-9-18(25)26)20(19(17)22-6-2)24-11-8-10-23(4)12-13-24/h5-6,15H,1,7-14H2,2-4H3,(H,25,26). The molecule has 27 heavy (non-hydrogen) atoms. The Labute approximate surface area is 162 Å². The first-order chi connectivity index (χ1) is 13.0. The first-order valence-corrected chi connectivity index (χ1v) is 9.54. The number of aryl methyl sites for hydroxylation is 1. The number of carboxylic acid groups (broad SMARTS) is 1. The van der Waals surface area contributed by atoms with Crippen molar-refractivity contribution >= 4 is 29.6 Å². The van der Waals surface area contributed by atoms with Crippen LogP contribution in [-0.4, -0.2) is 62.0 Å². The molecule has 0 aliphatic carbocycles. The maximum absolute atomic E-state index is 10.8. The monoisotopic (exact) mass is 373 g/mol. The van der Waals surface area contributed by atoms with Crippen LogP contribution in [0.25, 0.3) is 6.08 Å². The zero-order chi connectivity index (χ0) is 19.8. The molecule has 0 bridgehead atoms. The summed E-state index contributed by atoms with van der Waals surface area (Å²) in [6, 6.07) is 2.04. The lowest BCUT2D eigenvalue weighted by molar-refractivity contribution is -0.137. The van der Waals surface area contributed by atoms with E-state index in [-0.39, 0.29) is 6.42 Å². The number of aliphatic imine (C=N–C) groups is 1. The lowest BCUT2D eigenvalue weighted by Crippen LogP contribution is -2.29. The third-order valence-corrected chi connectivity index (χ3v) is 4.74. The zero-order valence-corrected chi connectivity index (χ0v) is 16.7. The first kappa shape index (κ1) is 21.0. The zero-order valence-electron chi connectivity index (χ0n) is 16.7. The minimum absolute atomic E-state index is 0.105. The minimum Gasteiger partial charge on any atom is -0.491 e. The van der Waals surface area contributed by atoms with Crippen LogP contribution in [0.4, 0.5) is 11.4 Å². The van der Waals surface area contributed by atoms with E-state index in [1.807, 2.05) is 26.0 Å². The summed E-state index contributed by atoms with van der Waals surface area (Å²) in [7, 11) is 2.14. The number of likely N-dealkylation sites (N-methyl/N-ethyl adjacent to an activating group) is 1. The Morgan fingerprint density at radius 3 is 2.81 bits per heavy atom. The molecule has 6 nitrogen and oxygen atoms in total. The molecule has 2 rings (SSSR count). The summed E-state index contributed by atoms with van der Waals surface area (Å²) in [4.78, 5) is 20.1. The Bertz CT molecular complexity index is 700. The van der Waals surface area contributed by atoms with E-state index in [0.717, 1.165) is 60.9 Å². The number of anilines is 1. The van der Waals surface area contributed by atoms with Gasteiger partial charge < -0.3 is 19.6 Å². The summed E-state index contributed by atoms with van der Waals surface area (Å²) < 4.78 is 6.10. The molecule has 0 amide bonds. The lowest BCUT2D eigenvalue weighted by atomic mass is 10.0. The molecule has 1 aliphatic rings. The van der Waals surface area contributed by atoms with Crippen molar-refractivity contribution < 1.29 is 14.6 Å². The SMILES string of the molecule is C=Cc1cc(C)c(OCCCC(=O)O)c(N2CCCN(C)CC2)c1N=CC. The average molecular weight is 373 g/mol. The number of carbonyl (C=O) groups is 1. The highest BCUT2D eigenvalue weighted by molar-refractivity contribution is 5.86. The Morgan fingerprint density at radius 2 is 2.15 bits per heavy atom. The summed E-state index contributed by atoms with van der Waals surface area (Å²) >= 11 is 0. The summed E-state index contributed by atoms with van der Waals surface area (Å²) in [5, 5.41) is 8.86. The van der Waals surface area contributed by atoms with Gasteiger partial charge in [0.25, 0.3) is 0 Å². The molecule has 6 heteroatoms. The van der Waals surface area contributed by atoms with Gasteiger partial charge in [-0.1, -0.05) is 12.7 Å². The van der Waals surface area contributed by atoms with Crippen molar-refractivity contribution in [2.24, 2.45) is 4.99 Å². The molecule has 148 valence electrons. The van der Waals surface area contributed by atoms with Gasteiger partial charge in [0.15, 0.2) is 0 Å². The van der Waals surface area contributed by atoms with Gasteiger partial charge in [-0.25, -0.2) is 0 Å². The molecule has 1 aromatic carbocycles. The summed E-state index contributed by atoms with van der Waals surface area (Å²) in [6.45, 7) is 12.1. The molecule has 0 atom stereocenters. The molecule has 1 N–H and O–H groups in total. The number of aliphatic carboxylic acids is 1. The van der Waals surface area contributed by atoms with Crippen LogP contribution >= 0.6 is 0 Å². The van der Waals surface area contributed by atoms with Crippen LogP contribution in [0, 0.1) is 6.92 Å². The molecule has 0 unspecified atom stereocenters. The van der Waals surface area contributed by atoms with E-state index < -0.39 is 5.97 Å². The fourth-order valence-corrected chi connectivity index (χ4v) is 3.36. The van der Waals surface area contributed by atoms with Gasteiger partial charge in [-0.2, -0.15) is 0 Å². The molecule has 1 saturated heterocycles. The average Bonchev–Trinajstić information content (AvgIpc) is 2.85. The highest BCUT2D eigenvalue weighted by atomic mass is 16.5. The number of ether oxygens (including phenoxy) is 1. The van der Waals surface area contributed by atoms with E-state index in [4.69, 9.17) is 9.84 Å².